The molecule has 2 nitrogen and oxygen atoms in total. The van der Waals surface area contributed by atoms with E-state index in [1.54, 1.807) is 12.5 Å². The Morgan fingerprint density at radius 1 is 1.19 bits per heavy atom. The van der Waals surface area contributed by atoms with Crippen molar-refractivity contribution in [2.24, 2.45) is 0 Å². The van der Waals surface area contributed by atoms with E-state index in [4.69, 9.17) is 4.42 Å². The molecule has 0 aliphatic rings. The van der Waals surface area contributed by atoms with Gasteiger partial charge in [-0.2, -0.15) is 0 Å². The number of rotatable bonds is 3. The summed E-state index contributed by atoms with van der Waals surface area (Å²) >= 11 is 0. The van der Waals surface area contributed by atoms with Crippen molar-refractivity contribution in [3.8, 4) is 0 Å². The van der Waals surface area contributed by atoms with Crippen molar-refractivity contribution in [2.75, 3.05) is 7.05 Å². The van der Waals surface area contributed by atoms with Gasteiger partial charge in [0.2, 0.25) is 0 Å². The summed E-state index contributed by atoms with van der Waals surface area (Å²) in [5.74, 6) is 0. The molecule has 0 saturated carbocycles. The first kappa shape index (κ1) is 11.0. The van der Waals surface area contributed by atoms with E-state index in [2.05, 4.69) is 37.4 Å². The quantitative estimate of drug-likeness (QED) is 0.850. The fraction of sp³-hybridized carbons (Fsp3) is 0.286. The molecule has 0 radical (unpaired) electrons. The molecule has 84 valence electrons. The first-order valence-corrected chi connectivity index (χ1v) is 5.49. The van der Waals surface area contributed by atoms with E-state index in [0.29, 0.717) is 0 Å². The molecule has 1 unspecified atom stereocenters. The summed E-state index contributed by atoms with van der Waals surface area (Å²) in [4.78, 5) is 0. The van der Waals surface area contributed by atoms with Crippen LogP contribution in [0.25, 0.3) is 0 Å². The maximum atomic E-state index is 5.15. The van der Waals surface area contributed by atoms with Gasteiger partial charge >= 0.3 is 0 Å². The predicted octanol–water partition coefficient (Wildman–Crippen LogP) is 3.21. The summed E-state index contributed by atoms with van der Waals surface area (Å²) in [6.07, 6.45) is 3.51. The predicted molar refractivity (Wildman–Crippen MR) is 65.5 cm³/mol. The molecule has 1 N–H and O–H groups in total. The highest BCUT2D eigenvalue weighted by Crippen LogP contribution is 2.25. The molecule has 0 spiro atoms. The van der Waals surface area contributed by atoms with Gasteiger partial charge in [-0.3, -0.25) is 0 Å². The van der Waals surface area contributed by atoms with Crippen LogP contribution in [0.1, 0.15) is 28.3 Å². The van der Waals surface area contributed by atoms with Crippen molar-refractivity contribution in [1.82, 2.24) is 5.32 Å². The number of furan rings is 1. The third-order valence-corrected chi connectivity index (χ3v) is 2.91. The molecule has 1 aromatic carbocycles. The molecular formula is C14H17NO. The first-order chi connectivity index (χ1) is 7.72. The normalized spacial score (nSPS) is 12.7. The van der Waals surface area contributed by atoms with Gasteiger partial charge in [0.25, 0.3) is 0 Å². The van der Waals surface area contributed by atoms with Crippen molar-refractivity contribution >= 4 is 0 Å². The number of hydrogen-bond donors (Lipinski definition) is 1. The van der Waals surface area contributed by atoms with Gasteiger partial charge in [-0.05, 0) is 38.1 Å². The zero-order valence-electron chi connectivity index (χ0n) is 9.95. The van der Waals surface area contributed by atoms with Crippen molar-refractivity contribution in [1.29, 1.82) is 0 Å². The van der Waals surface area contributed by atoms with Gasteiger partial charge in [-0.1, -0.05) is 23.8 Å². The minimum atomic E-state index is 0.207. The van der Waals surface area contributed by atoms with Crippen LogP contribution in [0, 0.1) is 13.8 Å². The van der Waals surface area contributed by atoms with Gasteiger partial charge in [0.1, 0.15) is 0 Å². The maximum absolute atomic E-state index is 5.15. The molecule has 0 amide bonds. The van der Waals surface area contributed by atoms with Gasteiger partial charge in [0.05, 0.1) is 18.6 Å². The molecule has 1 heterocycles. The lowest BCUT2D eigenvalue weighted by Gasteiger charge is -2.18. The molecule has 0 fully saturated rings. The highest BCUT2D eigenvalue weighted by atomic mass is 16.3. The smallest absolute Gasteiger partial charge is 0.0953 e. The molecule has 16 heavy (non-hydrogen) atoms. The van der Waals surface area contributed by atoms with Gasteiger partial charge in [0, 0.05) is 5.56 Å². The van der Waals surface area contributed by atoms with E-state index in [1.807, 2.05) is 13.1 Å². The second-order valence-corrected chi connectivity index (χ2v) is 4.14. The van der Waals surface area contributed by atoms with E-state index in [1.165, 1.54) is 16.7 Å². The van der Waals surface area contributed by atoms with Crippen LogP contribution in [0.15, 0.2) is 41.2 Å². The largest absolute Gasteiger partial charge is 0.472 e. The Labute approximate surface area is 96.3 Å². The van der Waals surface area contributed by atoms with Crippen LogP contribution in [0.5, 0.6) is 0 Å². The second kappa shape index (κ2) is 4.54. The lowest BCUT2D eigenvalue weighted by molar-refractivity contribution is 0.557. The number of hydrogen-bond acceptors (Lipinski definition) is 2. The fourth-order valence-corrected chi connectivity index (χ4v) is 2.01. The van der Waals surface area contributed by atoms with Crippen molar-refractivity contribution in [2.45, 2.75) is 19.9 Å². The van der Waals surface area contributed by atoms with E-state index in [0.717, 1.165) is 5.56 Å². The third-order valence-electron chi connectivity index (χ3n) is 2.91. The number of nitrogens with one attached hydrogen (secondary N) is 1. The van der Waals surface area contributed by atoms with Crippen LogP contribution in [0.4, 0.5) is 0 Å². The van der Waals surface area contributed by atoms with Gasteiger partial charge < -0.3 is 9.73 Å². The van der Waals surface area contributed by atoms with Crippen LogP contribution < -0.4 is 5.32 Å². The van der Waals surface area contributed by atoms with Crippen LogP contribution in [0.2, 0.25) is 0 Å². The van der Waals surface area contributed by atoms with E-state index in [-0.39, 0.29) is 6.04 Å². The Morgan fingerprint density at radius 3 is 2.62 bits per heavy atom. The second-order valence-electron chi connectivity index (χ2n) is 4.14. The molecule has 0 aliphatic carbocycles. The summed E-state index contributed by atoms with van der Waals surface area (Å²) in [7, 11) is 1.97. The average molecular weight is 215 g/mol. The molecule has 0 bridgehead atoms. The van der Waals surface area contributed by atoms with Crippen LogP contribution in [-0.4, -0.2) is 7.05 Å². The van der Waals surface area contributed by atoms with Gasteiger partial charge in [0.15, 0.2) is 0 Å². The van der Waals surface area contributed by atoms with E-state index >= 15 is 0 Å². The van der Waals surface area contributed by atoms with Gasteiger partial charge in [-0.25, -0.2) is 0 Å². The van der Waals surface area contributed by atoms with Crippen molar-refractivity contribution in [3.05, 3.63) is 59.0 Å². The lowest BCUT2D eigenvalue weighted by atomic mass is 9.95. The highest BCUT2D eigenvalue weighted by Gasteiger charge is 2.15. The number of benzene rings is 1. The fourth-order valence-electron chi connectivity index (χ4n) is 2.01. The summed E-state index contributed by atoms with van der Waals surface area (Å²) in [5.41, 5.74) is 5.05. The highest BCUT2D eigenvalue weighted by molar-refractivity contribution is 5.38. The van der Waals surface area contributed by atoms with Crippen LogP contribution in [0.3, 0.4) is 0 Å². The topological polar surface area (TPSA) is 25.2 Å². The Bertz CT molecular complexity index is 460. The maximum Gasteiger partial charge on any atom is 0.0953 e. The first-order valence-electron chi connectivity index (χ1n) is 5.49. The van der Waals surface area contributed by atoms with Gasteiger partial charge in [-0.15, -0.1) is 0 Å². The standard InChI is InChI=1S/C14H17NO/c1-10-4-5-11(2)13(8-10)14(15-3)12-6-7-16-9-12/h4-9,14-15H,1-3H3. The molecule has 1 atom stereocenters. The third kappa shape index (κ3) is 2.02. The van der Waals surface area contributed by atoms with Crippen molar-refractivity contribution < 1.29 is 4.42 Å². The Kier molecular flexibility index (Phi) is 3.11. The molecule has 2 rings (SSSR count). The Balaban J connectivity index is 2.44. The molecular weight excluding hydrogens is 198 g/mol. The molecule has 1 aromatic heterocycles. The zero-order valence-corrected chi connectivity index (χ0v) is 9.95. The van der Waals surface area contributed by atoms with E-state index in [9.17, 15) is 0 Å². The minimum Gasteiger partial charge on any atom is -0.472 e. The minimum absolute atomic E-state index is 0.207. The summed E-state index contributed by atoms with van der Waals surface area (Å²) in [5, 5.41) is 3.33. The summed E-state index contributed by atoms with van der Waals surface area (Å²) in [6.45, 7) is 4.25. The lowest BCUT2D eigenvalue weighted by Crippen LogP contribution is -2.18. The summed E-state index contributed by atoms with van der Waals surface area (Å²) in [6, 6.07) is 8.74. The number of aryl methyl sites for hydroxylation is 2. The molecule has 0 saturated heterocycles. The summed E-state index contributed by atoms with van der Waals surface area (Å²) < 4.78 is 5.15. The SMILES string of the molecule is CNC(c1ccoc1)c1cc(C)ccc1C. The monoisotopic (exact) mass is 215 g/mol. The zero-order chi connectivity index (χ0) is 11.5. The van der Waals surface area contributed by atoms with Crippen LogP contribution >= 0.6 is 0 Å². The molecule has 2 heteroatoms. The molecule has 0 aliphatic heterocycles. The van der Waals surface area contributed by atoms with Crippen LogP contribution in [-0.2, 0) is 0 Å². The Morgan fingerprint density at radius 2 is 2.00 bits per heavy atom. The van der Waals surface area contributed by atoms with E-state index < -0.39 is 0 Å². The Hall–Kier alpha value is -1.54. The van der Waals surface area contributed by atoms with Crippen molar-refractivity contribution in [3.63, 3.8) is 0 Å². The average Bonchev–Trinajstić information content (AvgIpc) is 2.78. The molecule has 2 aromatic rings.